The number of nitrogens with one attached hydrogen (secondary N) is 1. The molecule has 0 bridgehead atoms. The Morgan fingerprint density at radius 2 is 1.95 bits per heavy atom. The number of carbonyl (C=O) groups is 2. The highest BCUT2D eigenvalue weighted by molar-refractivity contribution is 5.92. The smallest absolute Gasteiger partial charge is 0.274 e. The molecule has 3 saturated heterocycles. The van der Waals surface area contributed by atoms with Crippen molar-refractivity contribution in [1.82, 2.24) is 39.7 Å². The van der Waals surface area contributed by atoms with Gasteiger partial charge < -0.3 is 24.0 Å². The van der Waals surface area contributed by atoms with E-state index >= 15 is 0 Å². The van der Waals surface area contributed by atoms with E-state index in [1.807, 2.05) is 23.9 Å². The van der Waals surface area contributed by atoms with Gasteiger partial charge in [0.15, 0.2) is 5.82 Å². The molecule has 0 radical (unpaired) electrons. The summed E-state index contributed by atoms with van der Waals surface area (Å²) in [5.74, 6) is -1.43. The molecule has 1 aliphatic carbocycles. The lowest BCUT2D eigenvalue weighted by atomic mass is 9.71. The van der Waals surface area contributed by atoms with E-state index in [4.69, 9.17) is 19.3 Å². The first-order valence-corrected chi connectivity index (χ1v) is 14.0. The normalized spacial score (nSPS) is 23.2. The highest BCUT2D eigenvalue weighted by atomic mass is 19.3. The lowest BCUT2D eigenvalue weighted by Crippen LogP contribution is -2.59. The molecule has 1 saturated carbocycles. The molecule has 7 rings (SSSR count). The van der Waals surface area contributed by atoms with Crippen LogP contribution >= 0.6 is 0 Å². The highest BCUT2D eigenvalue weighted by Crippen LogP contribution is 2.48. The van der Waals surface area contributed by atoms with Gasteiger partial charge in [0.05, 0.1) is 17.8 Å². The summed E-state index contributed by atoms with van der Waals surface area (Å²) in [5, 5.41) is 9.07. The second-order valence-electron chi connectivity index (χ2n) is 11.5. The van der Waals surface area contributed by atoms with Crippen LogP contribution in [0.15, 0.2) is 34.0 Å². The maximum absolute atomic E-state index is 13.1. The number of aromatic nitrogens is 6. The Hall–Kier alpha value is -4.01. The molecule has 6 heterocycles. The molecule has 3 aliphatic heterocycles. The molecular weight excluding hydrogens is 554 g/mol. The van der Waals surface area contributed by atoms with Crippen LogP contribution in [0.25, 0.3) is 0 Å². The number of likely N-dealkylation sites (tertiary alicyclic amines) is 2. The molecule has 224 valence electrons. The summed E-state index contributed by atoms with van der Waals surface area (Å²) in [7, 11) is 0. The minimum atomic E-state index is -2.25. The Bertz CT molecular complexity index is 1470. The quantitative estimate of drug-likeness (QED) is 0.427. The molecule has 1 spiro atoms. The maximum Gasteiger partial charge on any atom is 0.274 e. The molecule has 13 nitrogen and oxygen atoms in total. The molecule has 1 N–H and O–H groups in total. The molecule has 3 aromatic rings. The first kappa shape index (κ1) is 28.1. The minimum Gasteiger partial charge on any atom is -0.381 e. The minimum absolute atomic E-state index is 0.118. The van der Waals surface area contributed by atoms with Crippen molar-refractivity contribution < 1.29 is 27.6 Å². The fourth-order valence-corrected chi connectivity index (χ4v) is 5.80. The fourth-order valence-electron chi connectivity index (χ4n) is 5.80. The van der Waals surface area contributed by atoms with Crippen molar-refractivity contribution in [2.45, 2.75) is 56.4 Å². The van der Waals surface area contributed by atoms with Gasteiger partial charge in [-0.25, -0.2) is 13.8 Å². The Kier molecular flexibility index (Phi) is 7.37. The zero-order valence-corrected chi connectivity index (χ0v) is 23.1. The van der Waals surface area contributed by atoms with Crippen molar-refractivity contribution in [3.63, 3.8) is 0 Å². The summed E-state index contributed by atoms with van der Waals surface area (Å²) in [6.07, 6.45) is 7.30. The largest absolute Gasteiger partial charge is 0.381 e. The summed E-state index contributed by atoms with van der Waals surface area (Å²) in [4.78, 5) is 50.4. The van der Waals surface area contributed by atoms with Crippen LogP contribution in [0.5, 0.6) is 0 Å². The van der Waals surface area contributed by atoms with Gasteiger partial charge in [-0.3, -0.25) is 19.1 Å². The standard InChI is InChI=1S/C24H28N8O5.C3H4F2/c1-15(32-5-2-18(28-32)16-3-6-36-7-4-16)22-27-21(29-37-22)17-10-31(13-24(17)11-30(12-24)14-33)23(35)19-8-26-20(34)9-25-19;4-3(5)1-2-3/h2,5,8-9,14-17H,3-4,6-7,10-13H2,1H3,(H,26,34);1-2H2. The zero-order valence-electron chi connectivity index (χ0n) is 23.1. The van der Waals surface area contributed by atoms with Crippen molar-refractivity contribution in [2.24, 2.45) is 5.41 Å². The number of nitrogens with zero attached hydrogens (tertiary/aromatic N) is 7. The predicted octanol–water partition coefficient (Wildman–Crippen LogP) is 1.97. The van der Waals surface area contributed by atoms with Crippen LogP contribution in [-0.2, 0) is 9.53 Å². The van der Waals surface area contributed by atoms with E-state index in [1.165, 1.54) is 6.20 Å². The molecule has 2 atom stereocenters. The average molecular weight is 587 g/mol. The fraction of sp³-hybridized carbons (Fsp3) is 0.593. The Labute approximate surface area is 239 Å². The molecule has 2 amide bonds. The molecule has 42 heavy (non-hydrogen) atoms. The van der Waals surface area contributed by atoms with Crippen LogP contribution in [0, 0.1) is 5.41 Å². The van der Waals surface area contributed by atoms with Gasteiger partial charge in [0, 0.05) is 76.0 Å². The second-order valence-corrected chi connectivity index (χ2v) is 11.5. The van der Waals surface area contributed by atoms with Crippen molar-refractivity contribution in [1.29, 1.82) is 0 Å². The van der Waals surface area contributed by atoms with E-state index in [0.29, 0.717) is 43.8 Å². The van der Waals surface area contributed by atoms with E-state index in [9.17, 15) is 23.2 Å². The predicted molar refractivity (Wildman–Crippen MR) is 141 cm³/mol. The van der Waals surface area contributed by atoms with E-state index in [1.54, 1.807) is 9.80 Å². The highest BCUT2D eigenvalue weighted by Gasteiger charge is 2.57. The van der Waals surface area contributed by atoms with Crippen molar-refractivity contribution in [3.8, 4) is 0 Å². The lowest BCUT2D eigenvalue weighted by Gasteiger charge is -2.48. The van der Waals surface area contributed by atoms with Gasteiger partial charge in [-0.05, 0) is 25.8 Å². The lowest BCUT2D eigenvalue weighted by molar-refractivity contribution is -0.129. The van der Waals surface area contributed by atoms with E-state index in [-0.39, 0.29) is 47.4 Å². The van der Waals surface area contributed by atoms with Gasteiger partial charge >= 0.3 is 0 Å². The van der Waals surface area contributed by atoms with Crippen LogP contribution in [0.4, 0.5) is 8.78 Å². The van der Waals surface area contributed by atoms with Crippen LogP contribution in [0.2, 0.25) is 0 Å². The van der Waals surface area contributed by atoms with Crippen molar-refractivity contribution >= 4 is 12.3 Å². The third-order valence-corrected chi connectivity index (χ3v) is 8.43. The number of alkyl halides is 2. The summed E-state index contributed by atoms with van der Waals surface area (Å²) in [5.41, 5.74) is 0.449. The third kappa shape index (κ3) is 5.69. The third-order valence-electron chi connectivity index (χ3n) is 8.43. The summed E-state index contributed by atoms with van der Waals surface area (Å²) in [6, 6.07) is 1.77. The first-order valence-electron chi connectivity index (χ1n) is 14.0. The summed E-state index contributed by atoms with van der Waals surface area (Å²) >= 11 is 0. The van der Waals surface area contributed by atoms with Crippen LogP contribution in [0.3, 0.4) is 0 Å². The molecule has 4 fully saturated rings. The van der Waals surface area contributed by atoms with Gasteiger partial charge in [0.2, 0.25) is 12.3 Å². The van der Waals surface area contributed by atoms with Crippen LogP contribution in [-0.4, -0.2) is 97.3 Å². The van der Waals surface area contributed by atoms with Crippen molar-refractivity contribution in [2.75, 3.05) is 39.4 Å². The number of aromatic amines is 1. The number of carbonyl (C=O) groups excluding carboxylic acids is 2. The zero-order chi connectivity index (χ0) is 29.5. The Morgan fingerprint density at radius 3 is 2.60 bits per heavy atom. The Balaban J connectivity index is 0.000000573. The molecule has 2 unspecified atom stereocenters. The number of H-pyrrole nitrogens is 1. The van der Waals surface area contributed by atoms with E-state index in [0.717, 1.165) is 44.4 Å². The topological polar surface area (TPSA) is 152 Å². The van der Waals surface area contributed by atoms with Crippen molar-refractivity contribution in [3.05, 3.63) is 58.1 Å². The van der Waals surface area contributed by atoms with E-state index in [2.05, 4.69) is 15.1 Å². The molecule has 4 aliphatic rings. The number of rotatable bonds is 6. The average Bonchev–Trinajstić information content (AvgIpc) is 3.43. The second kappa shape index (κ2) is 11.0. The number of ether oxygens (including phenoxy) is 1. The number of hydrogen-bond acceptors (Lipinski definition) is 9. The van der Waals surface area contributed by atoms with Crippen LogP contribution in [0.1, 0.15) is 78.4 Å². The van der Waals surface area contributed by atoms with E-state index < -0.39 is 5.92 Å². The number of hydrogen-bond donors (Lipinski definition) is 1. The van der Waals surface area contributed by atoms with Gasteiger partial charge in [0.1, 0.15) is 11.7 Å². The number of amides is 2. The molecule has 3 aromatic heterocycles. The summed E-state index contributed by atoms with van der Waals surface area (Å²) < 4.78 is 35.2. The SMILES string of the molecule is CC(c1nc(C2CN(C(=O)c3c[nH]c(=O)cn3)CC23CN(C=O)C3)no1)n1ccc(C2CCOCC2)n1.FC1(F)CC1. The van der Waals surface area contributed by atoms with Gasteiger partial charge in [-0.1, -0.05) is 5.16 Å². The van der Waals surface area contributed by atoms with Gasteiger partial charge in [0.25, 0.3) is 17.4 Å². The molecule has 15 heteroatoms. The molecular formula is C27H32F2N8O5. The molecule has 0 aromatic carbocycles. The number of halogens is 2. The maximum atomic E-state index is 13.1. The van der Waals surface area contributed by atoms with Gasteiger partial charge in [-0.15, -0.1) is 0 Å². The first-order chi connectivity index (χ1) is 20.2. The monoisotopic (exact) mass is 586 g/mol. The Morgan fingerprint density at radius 1 is 1.21 bits per heavy atom. The summed E-state index contributed by atoms with van der Waals surface area (Å²) in [6.45, 7) is 5.24. The van der Waals surface area contributed by atoms with Gasteiger partial charge in [-0.2, -0.15) is 10.1 Å². The van der Waals surface area contributed by atoms with Crippen LogP contribution < -0.4 is 5.56 Å².